The van der Waals surface area contributed by atoms with Crippen molar-refractivity contribution in [1.82, 2.24) is 4.98 Å². The Balaban J connectivity index is 1.55. The van der Waals surface area contributed by atoms with Crippen molar-refractivity contribution in [3.8, 4) is 5.75 Å². The Morgan fingerprint density at radius 1 is 1.08 bits per heavy atom. The molecule has 192 valence electrons. The Labute approximate surface area is 221 Å². The average molecular weight is 521 g/mol. The van der Waals surface area contributed by atoms with E-state index < -0.39 is 6.16 Å². The van der Waals surface area contributed by atoms with Gasteiger partial charge in [0.05, 0.1) is 17.1 Å². The van der Waals surface area contributed by atoms with Gasteiger partial charge in [-0.2, -0.15) is 0 Å². The maximum absolute atomic E-state index is 14.6. The quantitative estimate of drug-likeness (QED) is 0.239. The highest BCUT2D eigenvalue weighted by Crippen LogP contribution is 2.47. The molecular formula is C29H31ClN3O4+. The molecule has 1 aliphatic carbocycles. The van der Waals surface area contributed by atoms with Gasteiger partial charge in [-0.25, -0.2) is 14.1 Å². The van der Waals surface area contributed by atoms with Gasteiger partial charge in [0.15, 0.2) is 0 Å². The largest absolute Gasteiger partial charge is 0.511 e. The van der Waals surface area contributed by atoms with Gasteiger partial charge in [0.1, 0.15) is 17.8 Å². The highest BCUT2D eigenvalue weighted by atomic mass is 35.5. The zero-order valence-corrected chi connectivity index (χ0v) is 21.6. The van der Waals surface area contributed by atoms with Crippen LogP contribution in [0.25, 0.3) is 0 Å². The van der Waals surface area contributed by atoms with E-state index >= 15 is 0 Å². The predicted octanol–water partition coefficient (Wildman–Crippen LogP) is 6.13. The fourth-order valence-corrected chi connectivity index (χ4v) is 6.60. The molecular weight excluding hydrogens is 490 g/mol. The highest BCUT2D eigenvalue weighted by Gasteiger charge is 2.53. The first-order chi connectivity index (χ1) is 17.9. The van der Waals surface area contributed by atoms with Crippen LogP contribution in [0.1, 0.15) is 53.7 Å². The zero-order chi connectivity index (χ0) is 26.0. The molecule has 0 radical (unpaired) electrons. The van der Waals surface area contributed by atoms with E-state index in [2.05, 4.69) is 16.8 Å². The number of aromatic nitrogens is 1. The summed E-state index contributed by atoms with van der Waals surface area (Å²) in [6.07, 6.45) is 5.61. The number of aryl methyl sites for hydroxylation is 1. The molecule has 0 spiro atoms. The summed E-state index contributed by atoms with van der Waals surface area (Å²) in [7, 11) is 0. The number of benzene rings is 2. The van der Waals surface area contributed by atoms with Crippen LogP contribution in [0.15, 0.2) is 67.0 Å². The van der Waals surface area contributed by atoms with E-state index in [4.69, 9.17) is 16.3 Å². The third-order valence-electron chi connectivity index (χ3n) is 8.07. The number of quaternary nitrogens is 1. The Morgan fingerprint density at radius 3 is 2.49 bits per heavy atom. The lowest BCUT2D eigenvalue weighted by molar-refractivity contribution is -0.904. The van der Waals surface area contributed by atoms with Gasteiger partial charge >= 0.3 is 12.1 Å². The van der Waals surface area contributed by atoms with Gasteiger partial charge < -0.3 is 14.7 Å². The van der Waals surface area contributed by atoms with Gasteiger partial charge in [-0.3, -0.25) is 4.98 Å². The van der Waals surface area contributed by atoms with E-state index in [9.17, 15) is 14.7 Å². The third-order valence-corrected chi connectivity index (χ3v) is 8.40. The number of hydrogen-bond donors (Lipinski definition) is 1. The number of ether oxygens (including phenoxy) is 1. The SMILES string of the molecule is CC[N+](C(=O)c1ccccc1Cl)(C1CCN(c2ccncc2)CC1)[C@@H]1CCc2ccc(OC(=O)O)cc21. The van der Waals surface area contributed by atoms with Crippen molar-refractivity contribution in [2.45, 2.75) is 44.7 Å². The normalized spacial score (nSPS) is 19.2. The monoisotopic (exact) mass is 520 g/mol. The van der Waals surface area contributed by atoms with Gasteiger partial charge in [-0.1, -0.05) is 29.8 Å². The number of amides is 1. The van der Waals surface area contributed by atoms with Gasteiger partial charge in [-0.05, 0) is 55.3 Å². The topological polar surface area (TPSA) is 79.7 Å². The van der Waals surface area contributed by atoms with Gasteiger partial charge in [0.2, 0.25) is 0 Å². The summed E-state index contributed by atoms with van der Waals surface area (Å²) >= 11 is 6.58. The lowest BCUT2D eigenvalue weighted by Crippen LogP contribution is -2.63. The fraction of sp³-hybridized carbons (Fsp3) is 0.345. The predicted molar refractivity (Wildman–Crippen MR) is 142 cm³/mol. The molecule has 1 aromatic heterocycles. The maximum Gasteiger partial charge on any atom is 0.511 e. The lowest BCUT2D eigenvalue weighted by atomic mass is 9.92. The van der Waals surface area contributed by atoms with Crippen molar-refractivity contribution in [1.29, 1.82) is 0 Å². The van der Waals surface area contributed by atoms with Gasteiger partial charge in [0, 0.05) is 56.0 Å². The molecule has 1 fully saturated rings. The van der Waals surface area contributed by atoms with E-state index in [-0.39, 0.29) is 28.2 Å². The molecule has 1 aliphatic heterocycles. The average Bonchev–Trinajstić information content (AvgIpc) is 3.34. The van der Waals surface area contributed by atoms with Crippen LogP contribution in [0.5, 0.6) is 5.75 Å². The molecule has 2 aromatic carbocycles. The number of fused-ring (bicyclic) bond motifs is 1. The maximum atomic E-state index is 14.6. The van der Waals surface area contributed by atoms with Gasteiger partial charge in [-0.15, -0.1) is 0 Å². The minimum absolute atomic E-state index is 0.0258. The summed E-state index contributed by atoms with van der Waals surface area (Å²) in [5, 5.41) is 9.63. The zero-order valence-electron chi connectivity index (χ0n) is 20.8. The smallest absolute Gasteiger partial charge is 0.449 e. The van der Waals surface area contributed by atoms with E-state index in [0.29, 0.717) is 17.1 Å². The first-order valence-electron chi connectivity index (χ1n) is 12.8. The van der Waals surface area contributed by atoms with Crippen molar-refractivity contribution in [2.75, 3.05) is 24.5 Å². The van der Waals surface area contributed by atoms with Crippen molar-refractivity contribution in [2.24, 2.45) is 0 Å². The summed E-state index contributed by atoms with van der Waals surface area (Å²) in [4.78, 5) is 32.3. The minimum Gasteiger partial charge on any atom is -0.449 e. The molecule has 1 unspecified atom stereocenters. The van der Waals surface area contributed by atoms with Crippen LogP contribution in [0.4, 0.5) is 10.5 Å². The van der Waals surface area contributed by atoms with Crippen LogP contribution in [0.3, 0.4) is 0 Å². The Hall–Kier alpha value is -3.42. The number of carboxylic acid groups (broad SMARTS) is 1. The number of halogens is 1. The van der Waals surface area contributed by atoms with Gasteiger partial charge in [0.25, 0.3) is 0 Å². The van der Waals surface area contributed by atoms with Crippen LogP contribution in [0.2, 0.25) is 5.02 Å². The number of rotatable bonds is 6. The second kappa shape index (κ2) is 10.5. The molecule has 1 saturated heterocycles. The Bertz CT molecular complexity index is 1290. The number of hydrogen-bond acceptors (Lipinski definition) is 5. The Kier molecular flexibility index (Phi) is 7.17. The number of piperidine rings is 1. The standard InChI is InChI=1S/C29H30ClN3O4/c1-2-33(28(34)24-5-3-4-6-26(24)30,22-13-17-32(18-14-22)21-11-15-31-16-12-21)27-10-8-20-7-9-23(19-25(20)27)37-29(35)36/h3-7,9,11-12,15-16,19,22,27H,2,8,10,13-14,17-18H2,1H3/p+1/t27-,33?/m1/s1. The van der Waals surface area contributed by atoms with Crippen LogP contribution >= 0.6 is 11.6 Å². The highest BCUT2D eigenvalue weighted by molar-refractivity contribution is 6.33. The molecule has 8 heteroatoms. The van der Waals surface area contributed by atoms with Crippen molar-refractivity contribution < 1.29 is 23.9 Å². The van der Waals surface area contributed by atoms with Crippen LogP contribution in [-0.4, -0.2) is 52.3 Å². The minimum atomic E-state index is -1.35. The first kappa shape index (κ1) is 25.2. The molecule has 1 amide bonds. The van der Waals surface area contributed by atoms with E-state index in [1.54, 1.807) is 24.5 Å². The number of nitrogens with zero attached hydrogens (tertiary/aromatic N) is 3. The summed E-state index contributed by atoms with van der Waals surface area (Å²) in [5.41, 5.74) is 3.81. The van der Waals surface area contributed by atoms with Crippen molar-refractivity contribution >= 4 is 29.4 Å². The molecule has 2 aliphatic rings. The number of carbonyl (C=O) groups excluding carboxylic acids is 1. The van der Waals surface area contributed by atoms with Crippen molar-refractivity contribution in [3.63, 3.8) is 0 Å². The summed E-state index contributed by atoms with van der Waals surface area (Å²) in [6, 6.07) is 16.8. The van der Waals surface area contributed by atoms with Crippen molar-refractivity contribution in [3.05, 3.63) is 88.7 Å². The second-order valence-electron chi connectivity index (χ2n) is 9.74. The molecule has 7 nitrogen and oxygen atoms in total. The molecule has 5 rings (SSSR count). The molecule has 3 aromatic rings. The summed E-state index contributed by atoms with van der Waals surface area (Å²) in [5.74, 6) is 0.308. The molecule has 0 bridgehead atoms. The molecule has 37 heavy (non-hydrogen) atoms. The number of carbonyl (C=O) groups is 2. The second-order valence-corrected chi connectivity index (χ2v) is 10.1. The first-order valence-corrected chi connectivity index (χ1v) is 13.2. The van der Waals surface area contributed by atoms with E-state index in [1.807, 2.05) is 42.5 Å². The Morgan fingerprint density at radius 2 is 1.81 bits per heavy atom. The van der Waals surface area contributed by atoms with E-state index in [1.165, 1.54) is 0 Å². The molecule has 2 atom stereocenters. The molecule has 0 saturated carbocycles. The van der Waals surface area contributed by atoms with Crippen LogP contribution < -0.4 is 9.64 Å². The summed E-state index contributed by atoms with van der Waals surface area (Å²) < 4.78 is 5.26. The molecule has 2 heterocycles. The van der Waals surface area contributed by atoms with E-state index in [0.717, 1.165) is 55.6 Å². The summed E-state index contributed by atoms with van der Waals surface area (Å²) in [6.45, 7) is 4.37. The number of pyridine rings is 1. The third kappa shape index (κ3) is 4.69. The molecule has 1 N–H and O–H groups in total. The lowest BCUT2D eigenvalue weighted by Gasteiger charge is -2.49. The van der Waals surface area contributed by atoms with Crippen LogP contribution in [0, 0.1) is 0 Å². The fourth-order valence-electron chi connectivity index (χ4n) is 6.38. The van der Waals surface area contributed by atoms with Crippen LogP contribution in [-0.2, 0) is 6.42 Å². The number of anilines is 1.